The van der Waals surface area contributed by atoms with Crippen LogP contribution in [0.2, 0.25) is 0 Å². The first-order chi connectivity index (χ1) is 8.59. The van der Waals surface area contributed by atoms with E-state index in [0.29, 0.717) is 11.4 Å². The summed E-state index contributed by atoms with van der Waals surface area (Å²) in [5.74, 6) is 0. The van der Waals surface area contributed by atoms with Crippen LogP contribution in [0.15, 0.2) is 60.3 Å². The lowest BCUT2D eigenvalue weighted by molar-refractivity contribution is -0.239. The van der Waals surface area contributed by atoms with Gasteiger partial charge in [0.2, 0.25) is 0 Å². The number of allylic oxidation sites excluding steroid dienone is 3. The Morgan fingerprint density at radius 2 is 1.83 bits per heavy atom. The molecule has 2 rings (SSSR count). The smallest absolute Gasteiger partial charge is 0.216 e. The zero-order valence-corrected chi connectivity index (χ0v) is 9.94. The molecule has 0 N–H and O–H groups in total. The van der Waals surface area contributed by atoms with Crippen molar-refractivity contribution < 1.29 is 13.6 Å². The van der Waals surface area contributed by atoms with Gasteiger partial charge in [-0.1, -0.05) is 43.0 Å². The highest BCUT2D eigenvalue weighted by molar-refractivity contribution is 5.71. The Bertz CT molecular complexity index is 506. The van der Waals surface area contributed by atoms with Gasteiger partial charge in [-0.15, -0.1) is 0 Å². The van der Waals surface area contributed by atoms with Gasteiger partial charge in [0.25, 0.3) is 0 Å². The zero-order valence-electron chi connectivity index (χ0n) is 9.94. The fourth-order valence-corrected chi connectivity index (χ4v) is 1.81. The van der Waals surface area contributed by atoms with Crippen LogP contribution in [-0.4, -0.2) is 11.7 Å². The molecule has 0 saturated heterocycles. The summed E-state index contributed by atoms with van der Waals surface area (Å²) in [4.78, 5) is 4.53. The first-order valence-corrected chi connectivity index (χ1v) is 5.48. The lowest BCUT2D eigenvalue weighted by Crippen LogP contribution is -2.26. The average Bonchev–Trinajstić information content (AvgIpc) is 2.35. The van der Waals surface area contributed by atoms with Gasteiger partial charge < -0.3 is 0 Å². The Kier molecular flexibility index (Phi) is 3.58. The summed E-state index contributed by atoms with van der Waals surface area (Å²) in [6, 6.07) is 9.24. The van der Waals surface area contributed by atoms with Gasteiger partial charge in [-0.25, -0.2) is 5.06 Å². The van der Waals surface area contributed by atoms with E-state index >= 15 is 0 Å². The predicted octanol–water partition coefficient (Wildman–Crippen LogP) is 3.96. The number of hydroxylamine groups is 2. The maximum Gasteiger partial charge on any atom is 0.365 e. The molecule has 0 saturated carbocycles. The number of rotatable bonds is 3. The van der Waals surface area contributed by atoms with Crippen molar-refractivity contribution in [3.63, 3.8) is 0 Å². The van der Waals surface area contributed by atoms with Crippen LogP contribution in [0.3, 0.4) is 0 Å². The molecule has 94 valence electrons. The molecule has 2 nitrogen and oxygen atoms in total. The molecule has 0 unspecified atom stereocenters. The van der Waals surface area contributed by atoms with Crippen molar-refractivity contribution in [3.8, 4) is 0 Å². The van der Waals surface area contributed by atoms with Crippen molar-refractivity contribution in [2.24, 2.45) is 0 Å². The lowest BCUT2D eigenvalue weighted by Gasteiger charge is -2.30. The number of alkyl halides is 2. The fraction of sp³-hybridized carbons (Fsp3) is 0.143. The Morgan fingerprint density at radius 1 is 1.17 bits per heavy atom. The molecule has 0 radical (unpaired) electrons. The number of halogens is 2. The molecule has 1 aromatic carbocycles. The molecule has 0 aromatic heterocycles. The van der Waals surface area contributed by atoms with E-state index in [2.05, 4.69) is 11.4 Å². The predicted molar refractivity (Wildman–Crippen MR) is 66.2 cm³/mol. The van der Waals surface area contributed by atoms with Gasteiger partial charge in [0.15, 0.2) is 0 Å². The Balaban J connectivity index is 2.44. The van der Waals surface area contributed by atoms with Crippen LogP contribution < -0.4 is 0 Å². The Labute approximate surface area is 104 Å². The minimum atomic E-state index is -2.89. The number of benzene rings is 1. The third-order valence-electron chi connectivity index (χ3n) is 2.60. The van der Waals surface area contributed by atoms with Crippen LogP contribution in [0.25, 0.3) is 5.70 Å². The van der Waals surface area contributed by atoms with Crippen molar-refractivity contribution >= 4 is 5.70 Å². The van der Waals surface area contributed by atoms with Crippen LogP contribution in [0, 0.1) is 0 Å². The topological polar surface area (TPSA) is 12.5 Å². The molecule has 0 spiro atoms. The SMILES string of the molecule is C=C1C=CC(C)=C(c2ccccc2)N1OC(F)F. The molecule has 0 atom stereocenters. The summed E-state index contributed by atoms with van der Waals surface area (Å²) in [5.41, 5.74) is 2.61. The molecular formula is C14H13F2NO. The van der Waals surface area contributed by atoms with Crippen molar-refractivity contribution in [2.75, 3.05) is 0 Å². The summed E-state index contributed by atoms with van der Waals surface area (Å²) in [7, 11) is 0. The van der Waals surface area contributed by atoms with Gasteiger partial charge in [-0.2, -0.15) is 13.6 Å². The van der Waals surface area contributed by atoms with E-state index in [4.69, 9.17) is 0 Å². The first-order valence-electron chi connectivity index (χ1n) is 5.48. The second-order valence-corrected chi connectivity index (χ2v) is 3.88. The Morgan fingerprint density at radius 3 is 2.44 bits per heavy atom. The van der Waals surface area contributed by atoms with Gasteiger partial charge in [0.05, 0.1) is 11.4 Å². The van der Waals surface area contributed by atoms with Crippen molar-refractivity contribution in [2.45, 2.75) is 13.5 Å². The molecule has 0 fully saturated rings. The molecular weight excluding hydrogens is 236 g/mol. The number of nitrogens with zero attached hydrogens (tertiary/aromatic N) is 1. The quantitative estimate of drug-likeness (QED) is 0.804. The van der Waals surface area contributed by atoms with E-state index in [-0.39, 0.29) is 0 Å². The third kappa shape index (κ3) is 2.49. The monoisotopic (exact) mass is 249 g/mol. The van der Waals surface area contributed by atoms with Crippen LogP contribution in [-0.2, 0) is 4.84 Å². The van der Waals surface area contributed by atoms with Gasteiger partial charge in [-0.05, 0) is 18.6 Å². The summed E-state index contributed by atoms with van der Waals surface area (Å²) >= 11 is 0. The normalized spacial score (nSPS) is 15.8. The molecule has 1 aliphatic rings. The highest BCUT2D eigenvalue weighted by Crippen LogP contribution is 2.32. The van der Waals surface area contributed by atoms with Crippen molar-refractivity contribution in [1.29, 1.82) is 0 Å². The molecule has 1 aromatic rings. The van der Waals surface area contributed by atoms with E-state index in [1.807, 2.05) is 43.3 Å². The molecule has 1 heterocycles. The second kappa shape index (κ2) is 5.14. The minimum Gasteiger partial charge on any atom is -0.216 e. The van der Waals surface area contributed by atoms with Crippen LogP contribution in [0.4, 0.5) is 8.78 Å². The van der Waals surface area contributed by atoms with E-state index < -0.39 is 6.61 Å². The van der Waals surface area contributed by atoms with Gasteiger partial charge >= 0.3 is 6.61 Å². The Hall–Kier alpha value is -1.94. The maximum absolute atomic E-state index is 12.5. The summed E-state index contributed by atoms with van der Waals surface area (Å²) in [6.45, 7) is 2.66. The highest BCUT2D eigenvalue weighted by atomic mass is 19.3. The van der Waals surface area contributed by atoms with E-state index in [1.54, 1.807) is 6.08 Å². The summed E-state index contributed by atoms with van der Waals surface area (Å²) < 4.78 is 24.9. The number of hydrogen-bond donors (Lipinski definition) is 0. The van der Waals surface area contributed by atoms with E-state index in [0.717, 1.165) is 16.2 Å². The molecule has 4 heteroatoms. The van der Waals surface area contributed by atoms with Crippen LogP contribution in [0.1, 0.15) is 12.5 Å². The highest BCUT2D eigenvalue weighted by Gasteiger charge is 2.23. The zero-order chi connectivity index (χ0) is 13.1. The average molecular weight is 249 g/mol. The molecule has 0 aliphatic carbocycles. The standard InChI is InChI=1S/C14H13F2NO/c1-10-8-9-11(2)17(18-14(15)16)13(10)12-6-4-3-5-7-12/h3-9,14H,2H2,1H3. The van der Waals surface area contributed by atoms with Crippen LogP contribution >= 0.6 is 0 Å². The molecule has 1 aliphatic heterocycles. The molecule has 0 amide bonds. The third-order valence-corrected chi connectivity index (χ3v) is 2.60. The van der Waals surface area contributed by atoms with Crippen LogP contribution in [0.5, 0.6) is 0 Å². The minimum absolute atomic E-state index is 0.375. The van der Waals surface area contributed by atoms with Gasteiger partial charge in [-0.3, -0.25) is 0 Å². The molecule has 0 bridgehead atoms. The summed E-state index contributed by atoms with van der Waals surface area (Å²) in [5, 5.41) is 1.08. The maximum atomic E-state index is 12.5. The van der Waals surface area contributed by atoms with Gasteiger partial charge in [0.1, 0.15) is 0 Å². The van der Waals surface area contributed by atoms with Crippen molar-refractivity contribution in [1.82, 2.24) is 5.06 Å². The second-order valence-electron chi connectivity index (χ2n) is 3.88. The molecule has 18 heavy (non-hydrogen) atoms. The largest absolute Gasteiger partial charge is 0.365 e. The summed E-state index contributed by atoms with van der Waals surface area (Å²) in [6.07, 6.45) is 3.47. The first kappa shape index (κ1) is 12.5. The number of hydrogen-bond acceptors (Lipinski definition) is 2. The lowest BCUT2D eigenvalue weighted by atomic mass is 10.0. The van der Waals surface area contributed by atoms with Gasteiger partial charge in [0, 0.05) is 5.56 Å². The van der Waals surface area contributed by atoms with E-state index in [1.165, 1.54) is 0 Å². The fourth-order valence-electron chi connectivity index (χ4n) is 1.81. The van der Waals surface area contributed by atoms with Crippen molar-refractivity contribution in [3.05, 3.63) is 65.9 Å². The van der Waals surface area contributed by atoms with E-state index in [9.17, 15) is 8.78 Å².